The van der Waals surface area contributed by atoms with Crippen molar-refractivity contribution in [3.63, 3.8) is 0 Å². The molecule has 5 nitrogen and oxygen atoms in total. The molecule has 18 heavy (non-hydrogen) atoms. The average molecular weight is 306 g/mol. The number of fused-ring (bicyclic) bond motifs is 1. The van der Waals surface area contributed by atoms with E-state index in [9.17, 15) is 0 Å². The van der Waals surface area contributed by atoms with Crippen LogP contribution in [0.3, 0.4) is 0 Å². The lowest BCUT2D eigenvalue weighted by atomic mass is 10.3. The second-order valence-corrected chi connectivity index (χ2v) is 4.87. The Morgan fingerprint density at radius 3 is 2.94 bits per heavy atom. The molecule has 0 saturated heterocycles. The predicted molar refractivity (Wildman–Crippen MR) is 74.2 cm³/mol. The van der Waals surface area contributed by atoms with Crippen molar-refractivity contribution in [3.8, 4) is 11.4 Å². The summed E-state index contributed by atoms with van der Waals surface area (Å²) >= 11 is 3.43. The number of imidazole rings is 1. The molecule has 0 bridgehead atoms. The van der Waals surface area contributed by atoms with Crippen LogP contribution in [-0.2, 0) is 6.54 Å². The van der Waals surface area contributed by atoms with Gasteiger partial charge in [0.15, 0.2) is 0 Å². The molecule has 0 atom stereocenters. The smallest absolute Gasteiger partial charge is 0.139 e. The maximum atomic E-state index is 6.16. The number of nitrogen functional groups attached to an aromatic ring is 1. The van der Waals surface area contributed by atoms with Gasteiger partial charge in [-0.1, -0.05) is 0 Å². The molecule has 3 aromatic heterocycles. The van der Waals surface area contributed by atoms with E-state index >= 15 is 0 Å². The van der Waals surface area contributed by atoms with Crippen LogP contribution in [0.2, 0.25) is 0 Å². The van der Waals surface area contributed by atoms with Crippen molar-refractivity contribution >= 4 is 27.4 Å². The summed E-state index contributed by atoms with van der Waals surface area (Å²) in [7, 11) is 0. The standard InChI is InChI=1S/C12H12BrN5/c1-2-18-9(5-6-15-18)11-12(14)17-7-8(13)3-4-10(17)16-11/h3-7H,2,14H2,1H3. The summed E-state index contributed by atoms with van der Waals surface area (Å²) < 4.78 is 4.72. The number of hydrogen-bond donors (Lipinski definition) is 1. The molecule has 0 radical (unpaired) electrons. The van der Waals surface area contributed by atoms with Crippen molar-refractivity contribution in [2.24, 2.45) is 0 Å². The molecule has 3 aromatic rings. The number of aryl methyl sites for hydroxylation is 1. The lowest BCUT2D eigenvalue weighted by molar-refractivity contribution is 0.666. The van der Waals surface area contributed by atoms with Crippen LogP contribution in [0.1, 0.15) is 6.92 Å². The predicted octanol–water partition coefficient (Wildman–Crippen LogP) is 2.56. The van der Waals surface area contributed by atoms with Crippen LogP contribution < -0.4 is 5.73 Å². The molecule has 0 spiro atoms. The molecular weight excluding hydrogens is 294 g/mol. The maximum Gasteiger partial charge on any atom is 0.139 e. The van der Waals surface area contributed by atoms with Gasteiger partial charge in [-0.05, 0) is 41.1 Å². The second-order valence-electron chi connectivity index (χ2n) is 3.95. The monoisotopic (exact) mass is 305 g/mol. The van der Waals surface area contributed by atoms with Crippen molar-refractivity contribution < 1.29 is 0 Å². The van der Waals surface area contributed by atoms with E-state index in [0.29, 0.717) is 5.82 Å². The van der Waals surface area contributed by atoms with E-state index in [1.165, 1.54) is 0 Å². The fourth-order valence-corrected chi connectivity index (χ4v) is 2.35. The Morgan fingerprint density at radius 2 is 2.17 bits per heavy atom. The van der Waals surface area contributed by atoms with Crippen LogP contribution in [0.5, 0.6) is 0 Å². The normalized spacial score (nSPS) is 11.2. The van der Waals surface area contributed by atoms with Crippen LogP contribution in [0.25, 0.3) is 17.0 Å². The first kappa shape index (κ1) is 11.3. The molecule has 0 fully saturated rings. The zero-order valence-electron chi connectivity index (χ0n) is 9.84. The van der Waals surface area contributed by atoms with Gasteiger partial charge >= 0.3 is 0 Å². The lowest BCUT2D eigenvalue weighted by Crippen LogP contribution is -2.01. The molecule has 0 aliphatic carbocycles. The number of aromatic nitrogens is 4. The van der Waals surface area contributed by atoms with Gasteiger partial charge in [-0.25, -0.2) is 4.98 Å². The van der Waals surface area contributed by atoms with Gasteiger partial charge in [0.2, 0.25) is 0 Å². The highest BCUT2D eigenvalue weighted by atomic mass is 79.9. The maximum absolute atomic E-state index is 6.16. The molecule has 2 N–H and O–H groups in total. The number of hydrogen-bond acceptors (Lipinski definition) is 3. The number of rotatable bonds is 2. The van der Waals surface area contributed by atoms with Crippen molar-refractivity contribution in [1.29, 1.82) is 0 Å². The molecule has 3 rings (SSSR count). The first-order valence-corrected chi connectivity index (χ1v) is 6.45. The minimum atomic E-state index is 0.626. The number of anilines is 1. The van der Waals surface area contributed by atoms with Crippen LogP contribution in [-0.4, -0.2) is 19.2 Å². The number of pyridine rings is 1. The van der Waals surface area contributed by atoms with Crippen LogP contribution in [0.15, 0.2) is 35.1 Å². The summed E-state index contributed by atoms with van der Waals surface area (Å²) in [6.45, 7) is 2.83. The molecule has 0 saturated carbocycles. The number of halogens is 1. The quantitative estimate of drug-likeness (QED) is 0.791. The molecule has 0 aliphatic rings. The molecule has 0 amide bonds. The van der Waals surface area contributed by atoms with Crippen LogP contribution in [0, 0.1) is 0 Å². The van der Waals surface area contributed by atoms with E-state index in [2.05, 4.69) is 26.0 Å². The molecule has 3 heterocycles. The SMILES string of the molecule is CCn1nccc1-c1nc2ccc(Br)cn2c1N. The summed E-state index contributed by atoms with van der Waals surface area (Å²) in [6, 6.07) is 5.80. The van der Waals surface area contributed by atoms with Gasteiger partial charge in [0.05, 0.1) is 5.69 Å². The summed E-state index contributed by atoms with van der Waals surface area (Å²) in [5, 5.41) is 4.24. The summed E-state index contributed by atoms with van der Waals surface area (Å²) in [6.07, 6.45) is 3.67. The third-order valence-corrected chi connectivity index (χ3v) is 3.35. The first-order chi connectivity index (χ1) is 8.70. The summed E-state index contributed by atoms with van der Waals surface area (Å²) in [5.41, 5.74) is 8.70. The van der Waals surface area contributed by atoms with Crippen molar-refractivity contribution in [3.05, 3.63) is 35.1 Å². The minimum Gasteiger partial charge on any atom is -0.383 e. The Kier molecular flexibility index (Phi) is 2.59. The molecular formula is C12H12BrN5. The van der Waals surface area contributed by atoms with Gasteiger partial charge in [-0.2, -0.15) is 5.10 Å². The van der Waals surface area contributed by atoms with E-state index in [-0.39, 0.29) is 0 Å². The molecule has 0 unspecified atom stereocenters. The van der Waals surface area contributed by atoms with Gasteiger partial charge in [-0.15, -0.1) is 0 Å². The largest absolute Gasteiger partial charge is 0.383 e. The highest BCUT2D eigenvalue weighted by molar-refractivity contribution is 9.10. The molecule has 6 heteroatoms. The van der Waals surface area contributed by atoms with E-state index in [1.54, 1.807) is 6.20 Å². The van der Waals surface area contributed by atoms with Gasteiger partial charge in [0, 0.05) is 23.4 Å². The average Bonchev–Trinajstić information content (AvgIpc) is 2.94. The van der Waals surface area contributed by atoms with Gasteiger partial charge in [0.1, 0.15) is 17.2 Å². The molecule has 0 aromatic carbocycles. The van der Waals surface area contributed by atoms with Gasteiger partial charge in [0.25, 0.3) is 0 Å². The minimum absolute atomic E-state index is 0.626. The van der Waals surface area contributed by atoms with Gasteiger partial charge < -0.3 is 5.73 Å². The van der Waals surface area contributed by atoms with Crippen molar-refractivity contribution in [2.45, 2.75) is 13.5 Å². The fourth-order valence-electron chi connectivity index (χ4n) is 2.01. The third kappa shape index (κ3) is 1.60. The topological polar surface area (TPSA) is 61.1 Å². The molecule has 0 aliphatic heterocycles. The highest BCUT2D eigenvalue weighted by Crippen LogP contribution is 2.27. The van der Waals surface area contributed by atoms with E-state index in [1.807, 2.05) is 40.4 Å². The van der Waals surface area contributed by atoms with E-state index in [4.69, 9.17) is 5.73 Å². The first-order valence-electron chi connectivity index (χ1n) is 5.66. The van der Waals surface area contributed by atoms with Crippen LogP contribution >= 0.6 is 15.9 Å². The zero-order valence-corrected chi connectivity index (χ0v) is 11.4. The van der Waals surface area contributed by atoms with Crippen molar-refractivity contribution in [2.75, 3.05) is 5.73 Å². The Balaban J connectivity index is 2.27. The lowest BCUT2D eigenvalue weighted by Gasteiger charge is -2.02. The molecule has 92 valence electrons. The number of nitrogens with zero attached hydrogens (tertiary/aromatic N) is 4. The third-order valence-electron chi connectivity index (χ3n) is 2.88. The van der Waals surface area contributed by atoms with Gasteiger partial charge in [-0.3, -0.25) is 9.08 Å². The van der Waals surface area contributed by atoms with Crippen LogP contribution in [0.4, 0.5) is 5.82 Å². The fraction of sp³-hybridized carbons (Fsp3) is 0.167. The Hall–Kier alpha value is -1.82. The van der Waals surface area contributed by atoms with E-state index < -0.39 is 0 Å². The number of nitrogens with two attached hydrogens (primary N) is 1. The Bertz CT molecular complexity index is 712. The summed E-state index contributed by atoms with van der Waals surface area (Å²) in [4.78, 5) is 4.56. The Morgan fingerprint density at radius 1 is 1.33 bits per heavy atom. The zero-order chi connectivity index (χ0) is 12.7. The second kappa shape index (κ2) is 4.13. The highest BCUT2D eigenvalue weighted by Gasteiger charge is 2.14. The summed E-state index contributed by atoms with van der Waals surface area (Å²) in [5.74, 6) is 0.626. The Labute approximate surface area is 112 Å². The van der Waals surface area contributed by atoms with Crippen molar-refractivity contribution in [1.82, 2.24) is 19.2 Å². The van der Waals surface area contributed by atoms with E-state index in [0.717, 1.165) is 28.1 Å².